The molecule has 1 unspecified atom stereocenters. The maximum absolute atomic E-state index is 12.6. The maximum atomic E-state index is 12.6. The van der Waals surface area contributed by atoms with E-state index in [0.717, 1.165) is 11.8 Å². The van der Waals surface area contributed by atoms with E-state index in [9.17, 15) is 9.59 Å². The molecule has 158 valence electrons. The summed E-state index contributed by atoms with van der Waals surface area (Å²) in [5.74, 6) is -0.414. The Hall–Kier alpha value is -2.88. The number of carboxylic acids is 1. The van der Waals surface area contributed by atoms with Crippen molar-refractivity contribution >= 4 is 28.9 Å². The molecule has 0 saturated carbocycles. The number of esters is 1. The number of nitrogens with one attached hydrogen (secondary N) is 1. The van der Waals surface area contributed by atoms with Gasteiger partial charge in [0.2, 0.25) is 5.75 Å². The summed E-state index contributed by atoms with van der Waals surface area (Å²) in [5, 5.41) is 12.3. The number of aliphatic carboxylic acids is 1. The molecule has 0 fully saturated rings. The van der Waals surface area contributed by atoms with Gasteiger partial charge in [-0.1, -0.05) is 11.8 Å². The first-order chi connectivity index (χ1) is 13.9. The van der Waals surface area contributed by atoms with Crippen LogP contribution >= 0.6 is 11.8 Å². The van der Waals surface area contributed by atoms with Crippen LogP contribution in [-0.4, -0.2) is 55.9 Å². The molecular weight excluding hydrogens is 400 g/mol. The van der Waals surface area contributed by atoms with Crippen LogP contribution in [0.5, 0.6) is 17.2 Å². The van der Waals surface area contributed by atoms with E-state index < -0.39 is 18.0 Å². The number of aliphatic imine (C=N–C) groups is 1. The van der Waals surface area contributed by atoms with Crippen molar-refractivity contribution in [2.75, 3.05) is 33.7 Å². The lowest BCUT2D eigenvalue weighted by Crippen LogP contribution is -2.31. The van der Waals surface area contributed by atoms with Crippen LogP contribution in [-0.2, 0) is 14.3 Å². The predicted molar refractivity (Wildman–Crippen MR) is 109 cm³/mol. The number of benzene rings is 1. The van der Waals surface area contributed by atoms with Gasteiger partial charge in [0.25, 0.3) is 0 Å². The number of hydrogen-bond donors (Lipinski definition) is 2. The molecule has 1 aromatic rings. The first kappa shape index (κ1) is 22.4. The van der Waals surface area contributed by atoms with Gasteiger partial charge in [0.05, 0.1) is 39.3 Å². The smallest absolute Gasteiger partial charge is 0.338 e. The minimum absolute atomic E-state index is 0.171. The van der Waals surface area contributed by atoms with Crippen LogP contribution in [0.2, 0.25) is 0 Å². The Morgan fingerprint density at radius 3 is 2.28 bits per heavy atom. The van der Waals surface area contributed by atoms with E-state index >= 15 is 0 Å². The first-order valence-electron chi connectivity index (χ1n) is 8.73. The molecule has 9 nitrogen and oxygen atoms in total. The highest BCUT2D eigenvalue weighted by Gasteiger charge is 2.32. The molecule has 0 saturated heterocycles. The van der Waals surface area contributed by atoms with Crippen molar-refractivity contribution in [1.82, 2.24) is 5.32 Å². The molecule has 1 aliphatic rings. The van der Waals surface area contributed by atoms with Gasteiger partial charge in [-0.2, -0.15) is 0 Å². The molecule has 0 bridgehead atoms. The zero-order chi connectivity index (χ0) is 21.6. The molecule has 29 heavy (non-hydrogen) atoms. The summed E-state index contributed by atoms with van der Waals surface area (Å²) in [4.78, 5) is 28.1. The van der Waals surface area contributed by atoms with Gasteiger partial charge in [-0.25, -0.2) is 9.79 Å². The Kier molecular flexibility index (Phi) is 7.77. The van der Waals surface area contributed by atoms with E-state index in [4.69, 9.17) is 24.1 Å². The number of rotatable bonds is 8. The van der Waals surface area contributed by atoms with Crippen LogP contribution in [0.1, 0.15) is 25.5 Å². The fourth-order valence-electron chi connectivity index (χ4n) is 2.82. The lowest BCUT2D eigenvalue weighted by atomic mass is 9.96. The highest BCUT2D eigenvalue weighted by Crippen LogP contribution is 2.43. The second-order valence-corrected chi connectivity index (χ2v) is 6.83. The summed E-state index contributed by atoms with van der Waals surface area (Å²) >= 11 is 1.03. The fraction of sp³-hybridized carbons (Fsp3) is 0.421. The summed E-state index contributed by atoms with van der Waals surface area (Å²) in [7, 11) is 4.49. The van der Waals surface area contributed by atoms with Crippen molar-refractivity contribution in [3.8, 4) is 17.2 Å². The topological polar surface area (TPSA) is 116 Å². The summed E-state index contributed by atoms with van der Waals surface area (Å²) in [6, 6.07) is 2.67. The van der Waals surface area contributed by atoms with E-state index in [1.165, 1.54) is 21.3 Å². The minimum Gasteiger partial charge on any atom is -0.493 e. The number of thioether (sulfide) groups is 1. The molecule has 1 heterocycles. The quantitative estimate of drug-likeness (QED) is 0.607. The largest absolute Gasteiger partial charge is 0.493 e. The third-order valence-corrected chi connectivity index (χ3v) is 4.92. The Labute approximate surface area is 173 Å². The van der Waals surface area contributed by atoms with Crippen LogP contribution < -0.4 is 19.5 Å². The summed E-state index contributed by atoms with van der Waals surface area (Å²) < 4.78 is 21.4. The zero-order valence-corrected chi connectivity index (χ0v) is 17.7. The number of nitrogens with zero attached hydrogens (tertiary/aromatic N) is 1. The van der Waals surface area contributed by atoms with Gasteiger partial charge < -0.3 is 29.4 Å². The average Bonchev–Trinajstić information content (AvgIpc) is 2.70. The van der Waals surface area contributed by atoms with E-state index in [-0.39, 0.29) is 12.4 Å². The number of amidine groups is 1. The van der Waals surface area contributed by atoms with E-state index in [1.54, 1.807) is 26.0 Å². The number of carbonyl (C=O) groups excluding carboxylic acids is 1. The molecule has 10 heteroatoms. The molecule has 0 spiro atoms. The Balaban J connectivity index is 2.59. The number of ether oxygens (including phenoxy) is 4. The Morgan fingerprint density at radius 2 is 1.79 bits per heavy atom. The molecule has 0 aliphatic carbocycles. The van der Waals surface area contributed by atoms with E-state index in [0.29, 0.717) is 39.2 Å². The van der Waals surface area contributed by atoms with E-state index in [1.807, 2.05) is 0 Å². The minimum atomic E-state index is -0.971. The second kappa shape index (κ2) is 10.1. The highest BCUT2D eigenvalue weighted by atomic mass is 32.2. The first-order valence-corrected chi connectivity index (χ1v) is 9.71. The van der Waals surface area contributed by atoms with Crippen molar-refractivity contribution in [3.05, 3.63) is 29.0 Å². The molecule has 0 amide bonds. The lowest BCUT2D eigenvalue weighted by molar-refractivity contribution is -0.139. The molecular formula is C19H24N2O7S. The van der Waals surface area contributed by atoms with Gasteiger partial charge in [-0.15, -0.1) is 0 Å². The van der Waals surface area contributed by atoms with Crippen LogP contribution in [0.15, 0.2) is 28.4 Å². The number of hydrogen-bond acceptors (Lipinski definition) is 9. The zero-order valence-electron chi connectivity index (χ0n) is 16.9. The van der Waals surface area contributed by atoms with Gasteiger partial charge in [0.1, 0.15) is 6.04 Å². The average molecular weight is 424 g/mol. The normalized spacial score (nSPS) is 15.9. The molecule has 2 rings (SSSR count). The maximum Gasteiger partial charge on any atom is 0.338 e. The highest BCUT2D eigenvalue weighted by molar-refractivity contribution is 8.14. The summed E-state index contributed by atoms with van der Waals surface area (Å²) in [5.41, 5.74) is 1.46. The van der Waals surface area contributed by atoms with Crippen molar-refractivity contribution in [2.45, 2.75) is 19.9 Å². The van der Waals surface area contributed by atoms with Gasteiger partial charge in [-0.05, 0) is 31.5 Å². The molecule has 1 atom stereocenters. The van der Waals surface area contributed by atoms with Crippen LogP contribution in [0.4, 0.5) is 0 Å². The van der Waals surface area contributed by atoms with Gasteiger partial charge in [-0.3, -0.25) is 4.79 Å². The van der Waals surface area contributed by atoms with Crippen LogP contribution in [0, 0.1) is 0 Å². The molecule has 0 aromatic heterocycles. The fourth-order valence-corrected chi connectivity index (χ4v) is 3.49. The molecule has 2 N–H and O–H groups in total. The van der Waals surface area contributed by atoms with E-state index in [2.05, 4.69) is 10.3 Å². The number of carboxylic acid groups (broad SMARTS) is 1. The number of carbonyl (C=O) groups is 2. The van der Waals surface area contributed by atoms with Gasteiger partial charge >= 0.3 is 11.9 Å². The van der Waals surface area contributed by atoms with Gasteiger partial charge in [0.15, 0.2) is 16.7 Å². The third kappa shape index (κ3) is 5.14. The van der Waals surface area contributed by atoms with Gasteiger partial charge in [0, 0.05) is 5.70 Å². The SMILES string of the molecule is CCOC(=O)C1=C(C)NC(SCC(=O)O)=NC1c1cc(OC)c(OC)c(OC)c1. The van der Waals surface area contributed by atoms with Crippen molar-refractivity contribution < 1.29 is 33.6 Å². The summed E-state index contributed by atoms with van der Waals surface area (Å²) in [6.07, 6.45) is 0. The Bertz CT molecular complexity index is 826. The van der Waals surface area contributed by atoms with Crippen molar-refractivity contribution in [1.29, 1.82) is 0 Å². The summed E-state index contributed by atoms with van der Waals surface area (Å²) in [6.45, 7) is 3.64. The monoisotopic (exact) mass is 424 g/mol. The third-order valence-electron chi connectivity index (χ3n) is 4.05. The van der Waals surface area contributed by atoms with Crippen molar-refractivity contribution in [3.63, 3.8) is 0 Å². The van der Waals surface area contributed by atoms with Crippen LogP contribution in [0.3, 0.4) is 0 Å². The molecule has 1 aromatic carbocycles. The Morgan fingerprint density at radius 1 is 1.17 bits per heavy atom. The second-order valence-electron chi connectivity index (χ2n) is 5.86. The number of methoxy groups -OCH3 is 3. The van der Waals surface area contributed by atoms with Crippen LogP contribution in [0.25, 0.3) is 0 Å². The standard InChI is InChI=1S/C19H24N2O7S/c1-6-28-18(24)15-10(2)20-19(29-9-14(22)23)21-16(15)11-7-12(25-3)17(27-5)13(8-11)26-4/h7-8,16H,6,9H2,1-5H3,(H,20,21)(H,22,23). The molecule has 1 aliphatic heterocycles. The molecule has 0 radical (unpaired) electrons. The van der Waals surface area contributed by atoms with Crippen molar-refractivity contribution in [2.24, 2.45) is 4.99 Å². The number of allylic oxidation sites excluding steroid dienone is 1. The predicted octanol–water partition coefficient (Wildman–Crippen LogP) is 2.37. The lowest BCUT2D eigenvalue weighted by Gasteiger charge is -2.26.